The first kappa shape index (κ1) is 11.5. The maximum Gasteiger partial charge on any atom is 0.122 e. The second-order valence-electron chi connectivity index (χ2n) is 3.62. The second-order valence-corrected chi connectivity index (χ2v) is 3.62. The van der Waals surface area contributed by atoms with Crippen LogP contribution in [0.25, 0.3) is 0 Å². The number of nitrogens with zero attached hydrogens (tertiary/aromatic N) is 2. The Balaban J connectivity index is 2.84. The van der Waals surface area contributed by atoms with Gasteiger partial charge in [-0.15, -0.1) is 0 Å². The first-order valence-electron chi connectivity index (χ1n) is 4.87. The fourth-order valence-electron chi connectivity index (χ4n) is 1.42. The van der Waals surface area contributed by atoms with Crippen LogP contribution in [0.15, 0.2) is 24.3 Å². The summed E-state index contributed by atoms with van der Waals surface area (Å²) in [5.74, 6) is 0.847. The van der Waals surface area contributed by atoms with Crippen molar-refractivity contribution in [2.45, 2.75) is 12.5 Å². The van der Waals surface area contributed by atoms with Gasteiger partial charge in [0.05, 0.1) is 13.2 Å². The number of ether oxygens (including phenoxy) is 1. The summed E-state index contributed by atoms with van der Waals surface area (Å²) in [6.07, 6.45) is 0.688. The van der Waals surface area contributed by atoms with Crippen molar-refractivity contribution in [2.75, 3.05) is 21.2 Å². The number of hydrogen-bond acceptors (Lipinski definition) is 3. The van der Waals surface area contributed by atoms with Crippen LogP contribution in [0.5, 0.6) is 5.75 Å². The Hall–Kier alpha value is -1.53. The minimum atomic E-state index is -0.110. The Morgan fingerprint density at radius 3 is 2.60 bits per heavy atom. The maximum absolute atomic E-state index is 8.99. The number of likely N-dealkylation sites (N-methyl/N-ethyl adjacent to an activating group) is 1. The average Bonchev–Trinajstić information content (AvgIpc) is 2.25. The van der Waals surface area contributed by atoms with Gasteiger partial charge in [-0.1, -0.05) is 18.2 Å². The van der Waals surface area contributed by atoms with Crippen molar-refractivity contribution in [1.29, 1.82) is 5.26 Å². The van der Waals surface area contributed by atoms with E-state index in [0.29, 0.717) is 6.42 Å². The van der Waals surface area contributed by atoms with Crippen LogP contribution in [0.3, 0.4) is 0 Å². The molecule has 0 aromatic heterocycles. The molecular formula is C12H16N2O. The molecule has 0 aliphatic heterocycles. The zero-order valence-electron chi connectivity index (χ0n) is 9.40. The molecule has 1 atom stereocenters. The summed E-state index contributed by atoms with van der Waals surface area (Å²) in [5.41, 5.74) is 1.07. The van der Waals surface area contributed by atoms with Gasteiger partial charge in [0.15, 0.2) is 0 Å². The predicted molar refractivity (Wildman–Crippen MR) is 59.8 cm³/mol. The van der Waals surface area contributed by atoms with Gasteiger partial charge in [-0.2, -0.15) is 5.26 Å². The van der Waals surface area contributed by atoms with Crippen LogP contribution in [-0.4, -0.2) is 32.1 Å². The lowest BCUT2D eigenvalue weighted by molar-refractivity contribution is 0.342. The SMILES string of the molecule is COc1ccccc1CC(C#N)N(C)C. The predicted octanol–water partition coefficient (Wildman–Crippen LogP) is 1.69. The van der Waals surface area contributed by atoms with E-state index in [1.54, 1.807) is 7.11 Å². The highest BCUT2D eigenvalue weighted by molar-refractivity contribution is 5.34. The molecule has 0 heterocycles. The Kier molecular flexibility index (Phi) is 4.14. The van der Waals surface area contributed by atoms with E-state index < -0.39 is 0 Å². The molecule has 0 saturated heterocycles. The summed E-state index contributed by atoms with van der Waals surface area (Å²) in [5, 5.41) is 8.99. The Morgan fingerprint density at radius 1 is 1.40 bits per heavy atom. The molecule has 0 amide bonds. The van der Waals surface area contributed by atoms with Crippen molar-refractivity contribution in [1.82, 2.24) is 4.90 Å². The molecule has 15 heavy (non-hydrogen) atoms. The molecule has 0 fully saturated rings. The van der Waals surface area contributed by atoms with Crippen LogP contribution in [-0.2, 0) is 6.42 Å². The number of hydrogen-bond donors (Lipinski definition) is 0. The molecule has 0 radical (unpaired) electrons. The van der Waals surface area contributed by atoms with Gasteiger partial charge in [0.1, 0.15) is 11.8 Å². The van der Waals surface area contributed by atoms with E-state index in [2.05, 4.69) is 6.07 Å². The van der Waals surface area contributed by atoms with Crippen LogP contribution in [0.2, 0.25) is 0 Å². The molecule has 0 spiro atoms. The fraction of sp³-hybridized carbons (Fsp3) is 0.417. The lowest BCUT2D eigenvalue weighted by atomic mass is 10.1. The zero-order valence-corrected chi connectivity index (χ0v) is 9.40. The minimum absolute atomic E-state index is 0.110. The van der Waals surface area contributed by atoms with Crippen molar-refractivity contribution in [2.24, 2.45) is 0 Å². The van der Waals surface area contributed by atoms with E-state index in [1.807, 2.05) is 43.3 Å². The van der Waals surface area contributed by atoms with Crippen molar-refractivity contribution < 1.29 is 4.74 Å². The van der Waals surface area contributed by atoms with Crippen LogP contribution in [0, 0.1) is 11.3 Å². The summed E-state index contributed by atoms with van der Waals surface area (Å²) >= 11 is 0. The van der Waals surface area contributed by atoms with Gasteiger partial charge in [-0.05, 0) is 25.7 Å². The van der Waals surface area contributed by atoms with Crippen LogP contribution in [0.1, 0.15) is 5.56 Å². The third-order valence-corrected chi connectivity index (χ3v) is 2.38. The summed E-state index contributed by atoms with van der Waals surface area (Å²) in [6.45, 7) is 0. The maximum atomic E-state index is 8.99. The van der Waals surface area contributed by atoms with E-state index in [-0.39, 0.29) is 6.04 Å². The summed E-state index contributed by atoms with van der Waals surface area (Å²) in [6, 6.07) is 9.96. The first-order chi connectivity index (χ1) is 7.19. The fourth-order valence-corrected chi connectivity index (χ4v) is 1.42. The normalized spacial score (nSPS) is 12.2. The molecule has 1 unspecified atom stereocenters. The number of benzene rings is 1. The van der Waals surface area contributed by atoms with Gasteiger partial charge in [-0.25, -0.2) is 0 Å². The van der Waals surface area contributed by atoms with Gasteiger partial charge in [0, 0.05) is 6.42 Å². The largest absolute Gasteiger partial charge is 0.496 e. The topological polar surface area (TPSA) is 36.3 Å². The average molecular weight is 204 g/mol. The highest BCUT2D eigenvalue weighted by Crippen LogP contribution is 2.19. The molecule has 0 bridgehead atoms. The van der Waals surface area contributed by atoms with Crippen molar-refractivity contribution >= 4 is 0 Å². The van der Waals surface area contributed by atoms with Crippen LogP contribution >= 0.6 is 0 Å². The molecule has 3 heteroatoms. The highest BCUT2D eigenvalue weighted by atomic mass is 16.5. The monoisotopic (exact) mass is 204 g/mol. The number of para-hydroxylation sites is 1. The Morgan fingerprint density at radius 2 is 2.07 bits per heavy atom. The summed E-state index contributed by atoms with van der Waals surface area (Å²) in [4.78, 5) is 1.91. The van der Waals surface area contributed by atoms with Crippen molar-refractivity contribution in [3.8, 4) is 11.8 Å². The lowest BCUT2D eigenvalue weighted by Gasteiger charge is -2.18. The molecule has 1 aromatic rings. The van der Waals surface area contributed by atoms with E-state index in [1.165, 1.54) is 0 Å². The standard InChI is InChI=1S/C12H16N2O/c1-14(2)11(9-13)8-10-6-4-5-7-12(10)15-3/h4-7,11H,8H2,1-3H3. The molecule has 3 nitrogen and oxygen atoms in total. The third kappa shape index (κ3) is 2.97. The third-order valence-electron chi connectivity index (χ3n) is 2.38. The second kappa shape index (κ2) is 5.38. The molecule has 1 rings (SSSR count). The molecule has 0 aliphatic rings. The number of rotatable bonds is 4. The molecule has 80 valence electrons. The first-order valence-corrected chi connectivity index (χ1v) is 4.87. The van der Waals surface area contributed by atoms with E-state index in [9.17, 15) is 0 Å². The van der Waals surface area contributed by atoms with Gasteiger partial charge >= 0.3 is 0 Å². The van der Waals surface area contributed by atoms with Gasteiger partial charge in [0.25, 0.3) is 0 Å². The quantitative estimate of drug-likeness (QED) is 0.748. The van der Waals surface area contributed by atoms with Gasteiger partial charge in [0.2, 0.25) is 0 Å². The van der Waals surface area contributed by atoms with Crippen molar-refractivity contribution in [3.63, 3.8) is 0 Å². The van der Waals surface area contributed by atoms with Gasteiger partial charge < -0.3 is 4.74 Å². The van der Waals surface area contributed by atoms with E-state index >= 15 is 0 Å². The molecule has 0 saturated carbocycles. The zero-order chi connectivity index (χ0) is 11.3. The lowest BCUT2D eigenvalue weighted by Crippen LogP contribution is -2.28. The highest BCUT2D eigenvalue weighted by Gasteiger charge is 2.13. The summed E-state index contributed by atoms with van der Waals surface area (Å²) in [7, 11) is 5.46. The Bertz CT molecular complexity index is 355. The smallest absolute Gasteiger partial charge is 0.122 e. The van der Waals surface area contributed by atoms with Crippen molar-refractivity contribution in [3.05, 3.63) is 29.8 Å². The number of methoxy groups -OCH3 is 1. The summed E-state index contributed by atoms with van der Waals surface area (Å²) < 4.78 is 5.24. The molecule has 0 N–H and O–H groups in total. The van der Waals surface area contributed by atoms with Crippen LogP contribution < -0.4 is 4.74 Å². The van der Waals surface area contributed by atoms with Gasteiger partial charge in [-0.3, -0.25) is 4.90 Å². The van der Waals surface area contributed by atoms with Crippen LogP contribution in [0.4, 0.5) is 0 Å². The molecular weight excluding hydrogens is 188 g/mol. The van der Waals surface area contributed by atoms with E-state index in [4.69, 9.17) is 10.00 Å². The van der Waals surface area contributed by atoms with E-state index in [0.717, 1.165) is 11.3 Å². The number of nitriles is 1. The molecule has 0 aliphatic carbocycles. The minimum Gasteiger partial charge on any atom is -0.496 e. The Labute approximate surface area is 90.9 Å². The molecule has 1 aromatic carbocycles.